The van der Waals surface area contributed by atoms with E-state index in [4.69, 9.17) is 14.0 Å². The Kier molecular flexibility index (Phi) is 4.28. The molecule has 18 heavy (non-hydrogen) atoms. The van der Waals surface area contributed by atoms with Crippen molar-refractivity contribution >= 4 is 27.0 Å². The Morgan fingerprint density at radius 3 is 2.00 bits per heavy atom. The number of rotatable bonds is 4. The first kappa shape index (κ1) is 16.4. The van der Waals surface area contributed by atoms with Gasteiger partial charge in [-0.2, -0.15) is 0 Å². The number of aliphatic hydroxyl groups is 1. The lowest BCUT2D eigenvalue weighted by molar-refractivity contribution is -0.0894. The molecule has 1 fully saturated rings. The zero-order valence-corrected chi connectivity index (χ0v) is 13.2. The molecule has 1 saturated heterocycles. The van der Waals surface area contributed by atoms with Crippen molar-refractivity contribution in [2.45, 2.75) is 70.2 Å². The quantitative estimate of drug-likeness (QED) is 0.603. The highest BCUT2D eigenvalue weighted by atomic mass is 32.1. The van der Waals surface area contributed by atoms with Gasteiger partial charge in [0.2, 0.25) is 0 Å². The molecule has 1 heterocycles. The standard InChI is InChI=1S/C11H23B2O4S/c1-8(2,14)9(3,4)15-12-13-16-10(5,6)11(7,18)17-13/h14,18H,1-7H3. The zero-order chi connectivity index (χ0) is 14.4. The molecule has 1 radical (unpaired) electrons. The molecule has 0 amide bonds. The normalized spacial score (nSPS) is 28.6. The van der Waals surface area contributed by atoms with E-state index in [-0.39, 0.29) is 0 Å². The summed E-state index contributed by atoms with van der Waals surface area (Å²) in [5.74, 6) is 0. The van der Waals surface area contributed by atoms with Gasteiger partial charge in [0.05, 0.1) is 16.8 Å². The fourth-order valence-corrected chi connectivity index (χ4v) is 1.37. The first-order chi connectivity index (χ1) is 7.79. The van der Waals surface area contributed by atoms with Crippen molar-refractivity contribution in [1.82, 2.24) is 0 Å². The largest absolute Gasteiger partial charge is 0.440 e. The van der Waals surface area contributed by atoms with Crippen molar-refractivity contribution in [2.75, 3.05) is 0 Å². The zero-order valence-electron chi connectivity index (χ0n) is 12.3. The summed E-state index contributed by atoms with van der Waals surface area (Å²) in [6.45, 7) is 12.7. The number of hydrogen-bond acceptors (Lipinski definition) is 5. The van der Waals surface area contributed by atoms with Gasteiger partial charge in [-0.3, -0.25) is 0 Å². The van der Waals surface area contributed by atoms with Crippen LogP contribution in [0.1, 0.15) is 48.5 Å². The van der Waals surface area contributed by atoms with Gasteiger partial charge in [0, 0.05) is 0 Å². The maximum atomic E-state index is 9.98. The van der Waals surface area contributed by atoms with E-state index in [1.54, 1.807) is 13.8 Å². The molecule has 4 nitrogen and oxygen atoms in total. The third kappa shape index (κ3) is 3.25. The van der Waals surface area contributed by atoms with Gasteiger partial charge < -0.3 is 19.1 Å². The lowest BCUT2D eigenvalue weighted by Gasteiger charge is -2.37. The summed E-state index contributed by atoms with van der Waals surface area (Å²) in [5, 5.41) is 9.98. The Labute approximate surface area is 117 Å². The Morgan fingerprint density at radius 2 is 1.67 bits per heavy atom. The minimum atomic E-state index is -0.970. The fourth-order valence-electron chi connectivity index (χ4n) is 1.22. The lowest BCUT2D eigenvalue weighted by Crippen LogP contribution is -2.50. The van der Waals surface area contributed by atoms with E-state index in [9.17, 15) is 5.11 Å². The maximum absolute atomic E-state index is 9.98. The fraction of sp³-hybridized carbons (Fsp3) is 1.00. The first-order valence-electron chi connectivity index (χ1n) is 6.10. The average Bonchev–Trinajstić information content (AvgIpc) is 2.30. The highest BCUT2D eigenvalue weighted by Crippen LogP contribution is 2.40. The van der Waals surface area contributed by atoms with E-state index in [1.165, 1.54) is 7.37 Å². The SMILES string of the molecule is CC(C)(O)C(C)(C)O[B]B1OC(C)(C)C(C)(S)O1. The van der Waals surface area contributed by atoms with Crippen molar-refractivity contribution in [3.8, 4) is 0 Å². The second-order valence-corrected chi connectivity index (χ2v) is 7.27. The minimum absolute atomic E-state index is 0.514. The second kappa shape index (κ2) is 4.70. The second-order valence-electron chi connectivity index (χ2n) is 6.42. The van der Waals surface area contributed by atoms with E-state index in [2.05, 4.69) is 12.6 Å². The van der Waals surface area contributed by atoms with Crippen LogP contribution in [0, 0.1) is 0 Å². The van der Waals surface area contributed by atoms with Crippen LogP contribution in [0.25, 0.3) is 0 Å². The van der Waals surface area contributed by atoms with Crippen molar-refractivity contribution in [2.24, 2.45) is 0 Å². The van der Waals surface area contributed by atoms with Crippen LogP contribution < -0.4 is 0 Å². The molecule has 1 rings (SSSR count). The Bertz CT molecular complexity index is 297. The molecular weight excluding hydrogens is 250 g/mol. The van der Waals surface area contributed by atoms with Gasteiger partial charge in [-0.05, 0) is 48.5 Å². The summed E-state index contributed by atoms with van der Waals surface area (Å²) >= 11 is 4.44. The number of hydrogen-bond donors (Lipinski definition) is 2. The van der Waals surface area contributed by atoms with E-state index in [1.807, 2.05) is 34.6 Å². The van der Waals surface area contributed by atoms with Crippen LogP contribution in [-0.2, 0) is 14.0 Å². The molecule has 0 aliphatic carbocycles. The summed E-state index contributed by atoms with van der Waals surface area (Å²) < 4.78 is 17.0. The van der Waals surface area contributed by atoms with Crippen molar-refractivity contribution < 1.29 is 19.1 Å². The Hall–Kier alpha value is 0.320. The van der Waals surface area contributed by atoms with Gasteiger partial charge >= 0.3 is 14.4 Å². The average molecular weight is 273 g/mol. The Balaban J connectivity index is 2.58. The molecule has 1 aliphatic heterocycles. The smallest absolute Gasteiger partial charge is 0.435 e. The molecule has 0 aromatic carbocycles. The Morgan fingerprint density at radius 1 is 1.17 bits per heavy atom. The van der Waals surface area contributed by atoms with Crippen LogP contribution in [0.2, 0.25) is 0 Å². The molecule has 1 unspecified atom stereocenters. The van der Waals surface area contributed by atoms with Gasteiger partial charge in [0.15, 0.2) is 0 Å². The van der Waals surface area contributed by atoms with Crippen LogP contribution in [0.15, 0.2) is 0 Å². The molecule has 1 aliphatic rings. The van der Waals surface area contributed by atoms with Crippen LogP contribution in [0.3, 0.4) is 0 Å². The van der Waals surface area contributed by atoms with Gasteiger partial charge in [-0.1, -0.05) is 0 Å². The summed E-state index contributed by atoms with van der Waals surface area (Å²) in [6, 6.07) is 0. The van der Waals surface area contributed by atoms with Crippen molar-refractivity contribution in [1.29, 1.82) is 0 Å². The van der Waals surface area contributed by atoms with Crippen molar-refractivity contribution in [3.63, 3.8) is 0 Å². The lowest BCUT2D eigenvalue weighted by atomic mass is 9.55. The maximum Gasteiger partial charge on any atom is 0.440 e. The summed E-state index contributed by atoms with van der Waals surface area (Å²) in [7, 11) is 0.880. The molecule has 0 spiro atoms. The third-order valence-electron chi connectivity index (χ3n) is 3.82. The molecule has 0 aromatic heterocycles. The van der Waals surface area contributed by atoms with Crippen LogP contribution in [-0.4, -0.2) is 41.2 Å². The predicted molar refractivity (Wildman–Crippen MR) is 76.6 cm³/mol. The molecule has 1 atom stereocenters. The van der Waals surface area contributed by atoms with Gasteiger partial charge in [0.1, 0.15) is 4.93 Å². The van der Waals surface area contributed by atoms with Gasteiger partial charge in [-0.15, -0.1) is 12.6 Å². The minimum Gasteiger partial charge on any atom is -0.435 e. The van der Waals surface area contributed by atoms with E-state index in [0.29, 0.717) is 0 Å². The van der Waals surface area contributed by atoms with E-state index in [0.717, 1.165) is 0 Å². The molecule has 1 N–H and O–H groups in total. The van der Waals surface area contributed by atoms with Crippen LogP contribution in [0.5, 0.6) is 0 Å². The van der Waals surface area contributed by atoms with E-state index >= 15 is 0 Å². The van der Waals surface area contributed by atoms with Crippen LogP contribution in [0.4, 0.5) is 0 Å². The monoisotopic (exact) mass is 273 g/mol. The van der Waals surface area contributed by atoms with Crippen LogP contribution >= 0.6 is 12.6 Å². The van der Waals surface area contributed by atoms with Gasteiger partial charge in [-0.25, -0.2) is 0 Å². The van der Waals surface area contributed by atoms with Gasteiger partial charge in [0.25, 0.3) is 0 Å². The molecule has 0 saturated carbocycles. The summed E-state index contributed by atoms with van der Waals surface area (Å²) in [6.07, 6.45) is 0. The highest BCUT2D eigenvalue weighted by molar-refractivity contribution is 7.81. The van der Waals surface area contributed by atoms with Crippen molar-refractivity contribution in [3.05, 3.63) is 0 Å². The molecule has 0 aromatic rings. The summed E-state index contributed by atoms with van der Waals surface area (Å²) in [5.41, 5.74) is -2.22. The predicted octanol–water partition coefficient (Wildman–Crippen LogP) is 1.63. The summed E-state index contributed by atoms with van der Waals surface area (Å²) in [4.78, 5) is -0.684. The molecular formula is C11H23B2O4S. The van der Waals surface area contributed by atoms with E-state index < -0.39 is 28.7 Å². The molecule has 0 bridgehead atoms. The topological polar surface area (TPSA) is 47.9 Å². The number of thiol groups is 1. The highest BCUT2D eigenvalue weighted by Gasteiger charge is 2.53. The third-order valence-corrected chi connectivity index (χ3v) is 4.46. The molecule has 103 valence electrons. The molecule has 7 heteroatoms. The first-order valence-corrected chi connectivity index (χ1v) is 6.55.